The maximum absolute atomic E-state index is 12.8. The maximum Gasteiger partial charge on any atom is 0.273 e. The lowest BCUT2D eigenvalue weighted by atomic mass is 9.77. The molecule has 2 heterocycles. The monoisotopic (exact) mass is 406 g/mol. The van der Waals surface area contributed by atoms with Crippen molar-refractivity contribution in [3.8, 4) is 0 Å². The molecule has 7 heteroatoms. The minimum absolute atomic E-state index is 0.0132. The van der Waals surface area contributed by atoms with Gasteiger partial charge in [-0.1, -0.05) is 33.1 Å². The van der Waals surface area contributed by atoms with Gasteiger partial charge in [0, 0.05) is 50.1 Å². The summed E-state index contributed by atoms with van der Waals surface area (Å²) in [5.74, 6) is 0.649. The highest BCUT2D eigenvalue weighted by Crippen LogP contribution is 2.37. The van der Waals surface area contributed by atoms with E-state index in [9.17, 15) is 9.59 Å². The second kappa shape index (κ2) is 9.83. The number of carbonyl (C=O) groups excluding carboxylic acids is 2. The highest BCUT2D eigenvalue weighted by atomic mass is 32.1. The Morgan fingerprint density at radius 1 is 1.21 bits per heavy atom. The topological polar surface area (TPSA) is 65.5 Å². The minimum atomic E-state index is -0.0301. The Morgan fingerprint density at radius 2 is 2.00 bits per heavy atom. The van der Waals surface area contributed by atoms with Crippen molar-refractivity contribution in [3.63, 3.8) is 0 Å². The standard InChI is InChI=1S/C21H34N4O2S/c1-17(2)14-25-11-6-10-24(20(27)18-15-28-16-23-18)12-9-22-19(26)13-21(25)7-4-3-5-8-21/h15-17H,3-14H2,1-2H3,(H,22,26). The third kappa shape index (κ3) is 5.32. The van der Waals surface area contributed by atoms with Crippen LogP contribution in [0.1, 0.15) is 69.3 Å². The second-order valence-electron chi connectivity index (χ2n) is 8.67. The highest BCUT2D eigenvalue weighted by molar-refractivity contribution is 7.07. The summed E-state index contributed by atoms with van der Waals surface area (Å²) in [7, 11) is 0. The van der Waals surface area contributed by atoms with Gasteiger partial charge in [0.1, 0.15) is 5.69 Å². The van der Waals surface area contributed by atoms with Crippen LogP contribution >= 0.6 is 11.3 Å². The quantitative estimate of drug-likeness (QED) is 0.837. The first-order valence-electron chi connectivity index (χ1n) is 10.7. The zero-order valence-electron chi connectivity index (χ0n) is 17.3. The van der Waals surface area contributed by atoms with Crippen LogP contribution in [0.25, 0.3) is 0 Å². The van der Waals surface area contributed by atoms with Crippen LogP contribution in [0, 0.1) is 5.92 Å². The summed E-state index contributed by atoms with van der Waals surface area (Å²) in [5.41, 5.74) is 2.19. The Labute approximate surface area is 172 Å². The third-order valence-corrected chi connectivity index (χ3v) is 6.62. The third-order valence-electron chi connectivity index (χ3n) is 6.03. The van der Waals surface area contributed by atoms with Crippen LogP contribution in [-0.2, 0) is 4.79 Å². The number of amides is 2. The molecule has 0 bridgehead atoms. The molecule has 0 unspecified atom stereocenters. The first-order valence-corrected chi connectivity index (χ1v) is 11.6. The Balaban J connectivity index is 1.77. The van der Waals surface area contributed by atoms with Gasteiger partial charge >= 0.3 is 0 Å². The maximum atomic E-state index is 12.8. The lowest BCUT2D eigenvalue weighted by Crippen LogP contribution is -2.54. The van der Waals surface area contributed by atoms with Gasteiger partial charge in [0.25, 0.3) is 5.91 Å². The molecule has 0 aromatic carbocycles. The molecule has 0 radical (unpaired) electrons. The summed E-state index contributed by atoms with van der Waals surface area (Å²) >= 11 is 1.44. The van der Waals surface area contributed by atoms with E-state index in [1.807, 2.05) is 4.90 Å². The average Bonchev–Trinajstić information content (AvgIpc) is 3.19. The van der Waals surface area contributed by atoms with Crippen LogP contribution in [0.3, 0.4) is 0 Å². The molecule has 1 aromatic rings. The summed E-state index contributed by atoms with van der Waals surface area (Å²) in [6.45, 7) is 8.20. The number of carbonyl (C=O) groups is 2. The van der Waals surface area contributed by atoms with E-state index in [4.69, 9.17) is 0 Å². The molecule has 6 nitrogen and oxygen atoms in total. The van der Waals surface area contributed by atoms with Gasteiger partial charge in [0.2, 0.25) is 5.91 Å². The SMILES string of the molecule is CC(C)CN1CCCN(C(=O)c2cscn2)CCNC(=O)CC12CCCCC2. The van der Waals surface area contributed by atoms with E-state index in [1.54, 1.807) is 10.9 Å². The fraction of sp³-hybridized carbons (Fsp3) is 0.762. The minimum Gasteiger partial charge on any atom is -0.354 e. The molecular formula is C21H34N4O2S. The number of hydrogen-bond donors (Lipinski definition) is 1. The number of nitrogens with one attached hydrogen (secondary N) is 1. The van der Waals surface area contributed by atoms with E-state index < -0.39 is 0 Å². The van der Waals surface area contributed by atoms with Gasteiger partial charge in [0.15, 0.2) is 0 Å². The number of nitrogens with zero attached hydrogens (tertiary/aromatic N) is 3. The van der Waals surface area contributed by atoms with E-state index in [1.165, 1.54) is 30.6 Å². The molecule has 1 saturated heterocycles. The van der Waals surface area contributed by atoms with Crippen molar-refractivity contribution >= 4 is 23.2 Å². The molecule has 28 heavy (non-hydrogen) atoms. The normalized spacial score (nSPS) is 22.1. The molecule has 1 saturated carbocycles. The summed E-state index contributed by atoms with van der Waals surface area (Å²) in [6.07, 6.45) is 7.41. The van der Waals surface area contributed by atoms with Crippen molar-refractivity contribution in [3.05, 3.63) is 16.6 Å². The van der Waals surface area contributed by atoms with Gasteiger partial charge in [-0.25, -0.2) is 4.98 Å². The Kier molecular flexibility index (Phi) is 7.46. The van der Waals surface area contributed by atoms with E-state index in [2.05, 4.69) is 29.0 Å². The molecule has 2 aliphatic rings. The van der Waals surface area contributed by atoms with Gasteiger partial charge in [0.05, 0.1) is 5.51 Å². The summed E-state index contributed by atoms with van der Waals surface area (Å²) < 4.78 is 0. The predicted molar refractivity (Wildman–Crippen MR) is 112 cm³/mol. The van der Waals surface area contributed by atoms with Gasteiger partial charge in [-0.15, -0.1) is 11.3 Å². The van der Waals surface area contributed by atoms with E-state index >= 15 is 0 Å². The molecule has 2 fully saturated rings. The molecule has 1 aliphatic heterocycles. The smallest absolute Gasteiger partial charge is 0.273 e. The van der Waals surface area contributed by atoms with Gasteiger partial charge in [-0.05, 0) is 25.2 Å². The zero-order valence-corrected chi connectivity index (χ0v) is 18.1. The lowest BCUT2D eigenvalue weighted by molar-refractivity contribution is -0.125. The predicted octanol–water partition coefficient (Wildman–Crippen LogP) is 3.16. The molecule has 1 N–H and O–H groups in total. The molecule has 1 spiro atoms. The van der Waals surface area contributed by atoms with Crippen LogP contribution in [0.5, 0.6) is 0 Å². The summed E-state index contributed by atoms with van der Waals surface area (Å²) in [4.78, 5) is 34.2. The number of thiazole rings is 1. The van der Waals surface area contributed by atoms with Crippen LogP contribution in [0.15, 0.2) is 10.9 Å². The van der Waals surface area contributed by atoms with Gasteiger partial charge in [-0.2, -0.15) is 0 Å². The zero-order chi connectivity index (χ0) is 20.0. The lowest BCUT2D eigenvalue weighted by Gasteiger charge is -2.47. The number of aromatic nitrogens is 1. The molecule has 0 atom stereocenters. The fourth-order valence-electron chi connectivity index (χ4n) is 4.72. The van der Waals surface area contributed by atoms with Crippen molar-refractivity contribution < 1.29 is 9.59 Å². The first kappa shape index (κ1) is 21.2. The summed E-state index contributed by atoms with van der Waals surface area (Å²) in [5, 5.41) is 4.88. The van der Waals surface area contributed by atoms with E-state index in [0.717, 1.165) is 32.4 Å². The Hall–Kier alpha value is -1.47. The van der Waals surface area contributed by atoms with Crippen LogP contribution in [0.2, 0.25) is 0 Å². The molecular weight excluding hydrogens is 372 g/mol. The van der Waals surface area contributed by atoms with Crippen molar-refractivity contribution in [2.45, 2.75) is 64.3 Å². The molecule has 3 rings (SSSR count). The molecule has 156 valence electrons. The van der Waals surface area contributed by atoms with Crippen LogP contribution in [-0.4, -0.2) is 64.9 Å². The van der Waals surface area contributed by atoms with E-state index in [0.29, 0.717) is 37.7 Å². The van der Waals surface area contributed by atoms with Crippen molar-refractivity contribution in [2.24, 2.45) is 5.92 Å². The Morgan fingerprint density at radius 3 is 2.68 bits per heavy atom. The van der Waals surface area contributed by atoms with Crippen molar-refractivity contribution in [1.82, 2.24) is 20.1 Å². The van der Waals surface area contributed by atoms with Crippen molar-refractivity contribution in [2.75, 3.05) is 32.7 Å². The molecule has 1 aliphatic carbocycles. The second-order valence-corrected chi connectivity index (χ2v) is 9.39. The largest absolute Gasteiger partial charge is 0.354 e. The number of hydrogen-bond acceptors (Lipinski definition) is 5. The average molecular weight is 407 g/mol. The fourth-order valence-corrected chi connectivity index (χ4v) is 5.24. The molecule has 1 aromatic heterocycles. The van der Waals surface area contributed by atoms with Crippen LogP contribution in [0.4, 0.5) is 0 Å². The number of rotatable bonds is 3. The highest BCUT2D eigenvalue weighted by Gasteiger charge is 2.40. The first-order chi connectivity index (χ1) is 13.5. The van der Waals surface area contributed by atoms with E-state index in [-0.39, 0.29) is 17.4 Å². The van der Waals surface area contributed by atoms with Gasteiger partial charge in [-0.3, -0.25) is 14.5 Å². The van der Waals surface area contributed by atoms with Crippen LogP contribution < -0.4 is 5.32 Å². The van der Waals surface area contributed by atoms with Gasteiger partial charge < -0.3 is 10.2 Å². The summed E-state index contributed by atoms with van der Waals surface area (Å²) in [6, 6.07) is 0. The van der Waals surface area contributed by atoms with Crippen molar-refractivity contribution in [1.29, 1.82) is 0 Å². The Bertz CT molecular complexity index is 641. The molecule has 2 amide bonds.